The molecule has 1 atom stereocenters. The molecule has 0 aliphatic carbocycles. The first-order valence-corrected chi connectivity index (χ1v) is 6.33. The second kappa shape index (κ2) is 6.13. The average molecular weight is 259 g/mol. The summed E-state index contributed by atoms with van der Waals surface area (Å²) in [4.78, 5) is 15.5. The van der Waals surface area contributed by atoms with E-state index in [-0.39, 0.29) is 5.97 Å². The van der Waals surface area contributed by atoms with Gasteiger partial charge in [-0.1, -0.05) is 37.3 Å². The molecule has 1 unspecified atom stereocenters. The van der Waals surface area contributed by atoms with Gasteiger partial charge in [-0.25, -0.2) is 9.67 Å². The van der Waals surface area contributed by atoms with E-state index in [4.69, 9.17) is 4.74 Å². The summed E-state index contributed by atoms with van der Waals surface area (Å²) in [6, 6.07) is 9.51. The highest BCUT2D eigenvalue weighted by Crippen LogP contribution is 2.19. The van der Waals surface area contributed by atoms with E-state index in [1.165, 1.54) is 6.92 Å². The minimum atomic E-state index is -0.559. The first-order chi connectivity index (χ1) is 9.20. The molecule has 2 aromatic rings. The van der Waals surface area contributed by atoms with Gasteiger partial charge in [-0.3, -0.25) is 4.79 Å². The first kappa shape index (κ1) is 13.3. The van der Waals surface area contributed by atoms with E-state index in [0.29, 0.717) is 0 Å². The van der Waals surface area contributed by atoms with E-state index >= 15 is 0 Å². The number of carbonyl (C=O) groups excluding carboxylic acids is 1. The van der Waals surface area contributed by atoms with Gasteiger partial charge in [0.25, 0.3) is 0 Å². The molecule has 0 saturated heterocycles. The maximum Gasteiger partial charge on any atom is 0.304 e. The summed E-state index contributed by atoms with van der Waals surface area (Å²) in [6.45, 7) is 3.46. The van der Waals surface area contributed by atoms with Gasteiger partial charge < -0.3 is 4.74 Å². The zero-order valence-corrected chi connectivity index (χ0v) is 11.1. The summed E-state index contributed by atoms with van der Waals surface area (Å²) in [5.74, 6) is 0.414. The molecule has 100 valence electrons. The lowest BCUT2D eigenvalue weighted by molar-refractivity contribution is -0.148. The molecular weight excluding hydrogens is 242 g/mol. The maximum atomic E-state index is 11.2. The van der Waals surface area contributed by atoms with Gasteiger partial charge in [-0.2, -0.15) is 5.10 Å². The van der Waals surface area contributed by atoms with Gasteiger partial charge in [0.1, 0.15) is 6.33 Å². The van der Waals surface area contributed by atoms with E-state index in [1.807, 2.05) is 30.3 Å². The Hall–Kier alpha value is -2.17. The minimum Gasteiger partial charge on any atom is -0.435 e. The zero-order valence-electron chi connectivity index (χ0n) is 11.1. The third-order valence-corrected chi connectivity index (χ3v) is 2.63. The fraction of sp³-hybridized carbons (Fsp3) is 0.357. The van der Waals surface area contributed by atoms with Crippen molar-refractivity contribution in [2.75, 3.05) is 0 Å². The fourth-order valence-electron chi connectivity index (χ4n) is 1.81. The van der Waals surface area contributed by atoms with Crippen LogP contribution in [0.1, 0.15) is 37.9 Å². The quantitative estimate of drug-likeness (QED) is 0.773. The van der Waals surface area contributed by atoms with Crippen LogP contribution >= 0.6 is 0 Å². The Morgan fingerprint density at radius 1 is 1.37 bits per heavy atom. The smallest absolute Gasteiger partial charge is 0.304 e. The number of hydrogen-bond donors (Lipinski definition) is 0. The minimum absolute atomic E-state index is 0.346. The molecule has 1 aromatic carbocycles. The molecule has 0 saturated carbocycles. The van der Waals surface area contributed by atoms with E-state index < -0.39 is 6.23 Å². The summed E-state index contributed by atoms with van der Waals surface area (Å²) in [5.41, 5.74) is 0.866. The first-order valence-electron chi connectivity index (χ1n) is 6.33. The van der Waals surface area contributed by atoms with Crippen molar-refractivity contribution in [3.05, 3.63) is 48.0 Å². The second-order valence-corrected chi connectivity index (χ2v) is 4.26. The van der Waals surface area contributed by atoms with Crippen molar-refractivity contribution in [1.29, 1.82) is 0 Å². The van der Waals surface area contributed by atoms with Crippen LogP contribution < -0.4 is 0 Å². The molecule has 0 bridgehead atoms. The number of benzene rings is 1. The predicted octanol–water partition coefficient (Wildman–Crippen LogP) is 2.34. The van der Waals surface area contributed by atoms with Crippen LogP contribution in [0.4, 0.5) is 0 Å². The van der Waals surface area contributed by atoms with Crippen molar-refractivity contribution in [2.24, 2.45) is 0 Å². The highest BCUT2D eigenvalue weighted by Gasteiger charge is 2.18. The van der Waals surface area contributed by atoms with Crippen LogP contribution in [0.2, 0.25) is 0 Å². The van der Waals surface area contributed by atoms with Crippen molar-refractivity contribution in [3.8, 4) is 0 Å². The molecule has 0 N–H and O–H groups in total. The Morgan fingerprint density at radius 2 is 2.11 bits per heavy atom. The number of carbonyl (C=O) groups is 1. The van der Waals surface area contributed by atoms with Gasteiger partial charge in [0.05, 0.1) is 0 Å². The van der Waals surface area contributed by atoms with Crippen molar-refractivity contribution in [1.82, 2.24) is 14.8 Å². The van der Waals surface area contributed by atoms with Crippen LogP contribution in [0, 0.1) is 0 Å². The molecule has 0 fully saturated rings. The Balaban J connectivity index is 2.29. The van der Waals surface area contributed by atoms with Crippen LogP contribution in [0.25, 0.3) is 0 Å². The topological polar surface area (TPSA) is 57.0 Å². The van der Waals surface area contributed by atoms with Crippen LogP contribution in [-0.4, -0.2) is 20.7 Å². The highest BCUT2D eigenvalue weighted by atomic mass is 16.6. The molecule has 0 spiro atoms. The van der Waals surface area contributed by atoms with E-state index in [2.05, 4.69) is 17.0 Å². The van der Waals surface area contributed by atoms with Crippen LogP contribution in [0.5, 0.6) is 0 Å². The molecule has 0 aliphatic heterocycles. The Kier molecular flexibility index (Phi) is 4.28. The molecule has 0 aliphatic rings. The number of rotatable bonds is 5. The summed E-state index contributed by atoms with van der Waals surface area (Å²) < 4.78 is 6.92. The lowest BCUT2D eigenvalue weighted by Gasteiger charge is -2.17. The fourth-order valence-corrected chi connectivity index (χ4v) is 1.81. The summed E-state index contributed by atoms with van der Waals surface area (Å²) in [6.07, 6.45) is 2.84. The summed E-state index contributed by atoms with van der Waals surface area (Å²) in [5, 5.41) is 4.36. The summed E-state index contributed by atoms with van der Waals surface area (Å²) in [7, 11) is 0. The van der Waals surface area contributed by atoms with Crippen LogP contribution in [0.15, 0.2) is 36.7 Å². The molecule has 19 heavy (non-hydrogen) atoms. The molecule has 2 rings (SSSR count). The molecule has 5 heteroatoms. The van der Waals surface area contributed by atoms with Crippen molar-refractivity contribution < 1.29 is 9.53 Å². The van der Waals surface area contributed by atoms with E-state index in [9.17, 15) is 4.79 Å². The van der Waals surface area contributed by atoms with Gasteiger partial charge in [-0.15, -0.1) is 0 Å². The largest absolute Gasteiger partial charge is 0.435 e. The van der Waals surface area contributed by atoms with Crippen LogP contribution in [0.3, 0.4) is 0 Å². The Labute approximate surface area is 112 Å². The van der Waals surface area contributed by atoms with Gasteiger partial charge in [0, 0.05) is 18.9 Å². The van der Waals surface area contributed by atoms with Gasteiger partial charge >= 0.3 is 5.97 Å². The number of hydrogen-bond acceptors (Lipinski definition) is 4. The van der Waals surface area contributed by atoms with Gasteiger partial charge in [-0.05, 0) is 6.42 Å². The lowest BCUT2D eigenvalue weighted by Crippen LogP contribution is -2.17. The van der Waals surface area contributed by atoms with Gasteiger partial charge in [0.15, 0.2) is 5.82 Å². The Morgan fingerprint density at radius 3 is 2.74 bits per heavy atom. The standard InChI is InChI=1S/C14H17N3O2/c1-3-7-13-15-10-17(16-13)14(19-11(2)18)12-8-5-4-6-9-12/h4-6,8-10,14H,3,7H2,1-2H3. The molecular formula is C14H17N3O2. The third kappa shape index (κ3) is 3.40. The third-order valence-electron chi connectivity index (χ3n) is 2.63. The van der Waals surface area contributed by atoms with E-state index in [1.54, 1.807) is 11.0 Å². The monoisotopic (exact) mass is 259 g/mol. The predicted molar refractivity (Wildman–Crippen MR) is 70.4 cm³/mol. The number of esters is 1. The number of aromatic nitrogens is 3. The average Bonchev–Trinajstić information content (AvgIpc) is 2.86. The van der Waals surface area contributed by atoms with Gasteiger partial charge in [0.2, 0.25) is 6.23 Å². The molecule has 5 nitrogen and oxygen atoms in total. The number of ether oxygens (including phenoxy) is 1. The second-order valence-electron chi connectivity index (χ2n) is 4.26. The van der Waals surface area contributed by atoms with Crippen LogP contribution in [-0.2, 0) is 16.0 Å². The van der Waals surface area contributed by atoms with E-state index in [0.717, 1.165) is 24.2 Å². The lowest BCUT2D eigenvalue weighted by atomic mass is 10.2. The normalized spacial score (nSPS) is 12.1. The molecule has 1 aromatic heterocycles. The molecule has 0 radical (unpaired) electrons. The van der Waals surface area contributed by atoms with Crippen molar-refractivity contribution in [3.63, 3.8) is 0 Å². The zero-order chi connectivity index (χ0) is 13.7. The SMILES string of the molecule is CCCc1ncn(C(OC(C)=O)c2ccccc2)n1. The Bertz CT molecular complexity index is 537. The maximum absolute atomic E-state index is 11.2. The highest BCUT2D eigenvalue weighted by molar-refractivity contribution is 5.66. The molecule has 0 amide bonds. The van der Waals surface area contributed by atoms with Crippen molar-refractivity contribution in [2.45, 2.75) is 32.9 Å². The summed E-state index contributed by atoms with van der Waals surface area (Å²) >= 11 is 0. The number of nitrogens with zero attached hydrogens (tertiary/aromatic N) is 3. The number of aryl methyl sites for hydroxylation is 1. The molecule has 1 heterocycles. The van der Waals surface area contributed by atoms with Crippen molar-refractivity contribution >= 4 is 5.97 Å².